The number of carbonyl (C=O) groups is 1. The zero-order chi connectivity index (χ0) is 12.9. The predicted octanol–water partition coefficient (Wildman–Crippen LogP) is 1.01. The van der Waals surface area contributed by atoms with Crippen LogP contribution in [0.1, 0.15) is 10.5 Å². The van der Waals surface area contributed by atoms with Gasteiger partial charge in [-0.25, -0.2) is 18.7 Å². The first-order valence-electron chi connectivity index (χ1n) is 5.01. The molecular weight excluding hydrogens is 241 g/mol. The van der Waals surface area contributed by atoms with Gasteiger partial charge in [-0.3, -0.25) is 9.89 Å². The minimum absolute atomic E-state index is 0.0648. The van der Waals surface area contributed by atoms with E-state index >= 15 is 0 Å². The number of halogens is 1. The summed E-state index contributed by atoms with van der Waals surface area (Å²) in [6.45, 7) is 0. The van der Waals surface area contributed by atoms with E-state index in [1.54, 1.807) is 0 Å². The van der Waals surface area contributed by atoms with E-state index in [0.29, 0.717) is 0 Å². The number of para-hydroxylation sites is 1. The van der Waals surface area contributed by atoms with Crippen molar-refractivity contribution in [2.75, 3.05) is 0 Å². The molecule has 18 heavy (non-hydrogen) atoms. The van der Waals surface area contributed by atoms with Gasteiger partial charge in [0.1, 0.15) is 17.0 Å². The van der Waals surface area contributed by atoms with E-state index in [1.807, 2.05) is 0 Å². The normalized spacial score (nSPS) is 11.2. The second kappa shape index (κ2) is 3.39. The van der Waals surface area contributed by atoms with Gasteiger partial charge in [0.05, 0.1) is 5.39 Å². The van der Waals surface area contributed by atoms with Crippen LogP contribution in [0.3, 0.4) is 0 Å². The summed E-state index contributed by atoms with van der Waals surface area (Å²) < 4.78 is 14.5. The van der Waals surface area contributed by atoms with Crippen molar-refractivity contribution in [3.05, 3.63) is 46.1 Å². The van der Waals surface area contributed by atoms with Gasteiger partial charge in [0.25, 0.3) is 5.56 Å². The SMILES string of the molecule is O=C(O)c1cc2nc3c(F)cccc3c(=O)n2[nH]1. The number of aromatic amines is 1. The van der Waals surface area contributed by atoms with E-state index in [0.717, 1.165) is 4.52 Å². The Morgan fingerprint density at radius 3 is 2.94 bits per heavy atom. The molecule has 0 fully saturated rings. The Hall–Kier alpha value is -2.70. The number of rotatable bonds is 1. The Balaban J connectivity index is 2.53. The largest absolute Gasteiger partial charge is 0.477 e. The number of H-pyrrole nitrogens is 1. The van der Waals surface area contributed by atoms with Gasteiger partial charge in [-0.2, -0.15) is 0 Å². The molecule has 0 saturated carbocycles. The highest BCUT2D eigenvalue weighted by molar-refractivity contribution is 5.87. The van der Waals surface area contributed by atoms with E-state index in [-0.39, 0.29) is 22.2 Å². The van der Waals surface area contributed by atoms with Crippen molar-refractivity contribution in [2.24, 2.45) is 0 Å². The maximum absolute atomic E-state index is 13.5. The average Bonchev–Trinajstić information content (AvgIpc) is 2.75. The monoisotopic (exact) mass is 247 g/mol. The maximum atomic E-state index is 13.5. The van der Waals surface area contributed by atoms with Crippen LogP contribution in [-0.4, -0.2) is 25.7 Å². The van der Waals surface area contributed by atoms with Crippen molar-refractivity contribution in [2.45, 2.75) is 0 Å². The summed E-state index contributed by atoms with van der Waals surface area (Å²) >= 11 is 0. The molecule has 0 aliphatic rings. The van der Waals surface area contributed by atoms with Crippen LogP contribution in [0.15, 0.2) is 29.1 Å². The maximum Gasteiger partial charge on any atom is 0.353 e. The molecule has 0 atom stereocenters. The van der Waals surface area contributed by atoms with Crippen LogP contribution < -0.4 is 5.56 Å². The first-order chi connectivity index (χ1) is 8.58. The summed E-state index contributed by atoms with van der Waals surface area (Å²) in [5.41, 5.74) is -0.731. The number of hydrogen-bond acceptors (Lipinski definition) is 3. The number of aromatic nitrogens is 3. The smallest absolute Gasteiger partial charge is 0.353 e. The molecule has 0 saturated heterocycles. The lowest BCUT2D eigenvalue weighted by Gasteiger charge is -1.98. The lowest BCUT2D eigenvalue weighted by Crippen LogP contribution is -2.16. The highest BCUT2D eigenvalue weighted by atomic mass is 19.1. The third-order valence-corrected chi connectivity index (χ3v) is 2.61. The Kier molecular flexibility index (Phi) is 1.97. The summed E-state index contributed by atoms with van der Waals surface area (Å²) in [5, 5.41) is 11.3. The molecule has 2 aromatic heterocycles. The summed E-state index contributed by atoms with van der Waals surface area (Å²) in [4.78, 5) is 26.7. The van der Waals surface area contributed by atoms with Crippen LogP contribution >= 0.6 is 0 Å². The lowest BCUT2D eigenvalue weighted by atomic mass is 10.2. The van der Waals surface area contributed by atoms with Crippen molar-refractivity contribution in [1.29, 1.82) is 0 Å². The number of benzene rings is 1. The molecule has 0 spiro atoms. The zero-order valence-corrected chi connectivity index (χ0v) is 8.85. The third kappa shape index (κ3) is 1.30. The summed E-state index contributed by atoms with van der Waals surface area (Å²) in [6.07, 6.45) is 0. The third-order valence-electron chi connectivity index (χ3n) is 2.61. The molecule has 7 heteroatoms. The molecule has 90 valence electrons. The van der Waals surface area contributed by atoms with Gasteiger partial charge in [-0.15, -0.1) is 0 Å². The van der Waals surface area contributed by atoms with Gasteiger partial charge in [0.15, 0.2) is 5.65 Å². The highest BCUT2D eigenvalue weighted by Crippen LogP contribution is 2.13. The molecule has 2 heterocycles. The number of aromatic carboxylic acids is 1. The van der Waals surface area contributed by atoms with E-state index in [2.05, 4.69) is 10.1 Å². The van der Waals surface area contributed by atoms with Crippen LogP contribution in [-0.2, 0) is 0 Å². The molecule has 0 amide bonds. The molecule has 1 aromatic carbocycles. The van der Waals surface area contributed by atoms with E-state index < -0.39 is 17.3 Å². The number of fused-ring (bicyclic) bond motifs is 2. The second-order valence-corrected chi connectivity index (χ2v) is 3.72. The van der Waals surface area contributed by atoms with Crippen molar-refractivity contribution in [3.8, 4) is 0 Å². The summed E-state index contributed by atoms with van der Waals surface area (Å²) in [5.74, 6) is -1.84. The topological polar surface area (TPSA) is 87.5 Å². The van der Waals surface area contributed by atoms with E-state index in [1.165, 1.54) is 24.3 Å². The van der Waals surface area contributed by atoms with Crippen molar-refractivity contribution < 1.29 is 14.3 Å². The van der Waals surface area contributed by atoms with Crippen molar-refractivity contribution >= 4 is 22.5 Å². The molecule has 2 N–H and O–H groups in total. The molecule has 0 radical (unpaired) electrons. The molecule has 0 aliphatic carbocycles. The first-order valence-corrected chi connectivity index (χ1v) is 5.01. The van der Waals surface area contributed by atoms with Gasteiger partial charge in [-0.1, -0.05) is 6.07 Å². The quantitative estimate of drug-likeness (QED) is 0.671. The summed E-state index contributed by atoms with van der Waals surface area (Å²) in [6, 6.07) is 5.20. The number of nitrogens with zero attached hydrogens (tertiary/aromatic N) is 2. The molecule has 6 nitrogen and oxygen atoms in total. The Labute approximate surface area is 98.3 Å². The van der Waals surface area contributed by atoms with Crippen LogP contribution in [0.25, 0.3) is 16.6 Å². The van der Waals surface area contributed by atoms with E-state index in [9.17, 15) is 14.0 Å². The fraction of sp³-hybridized carbons (Fsp3) is 0. The number of carboxylic acid groups (broad SMARTS) is 1. The zero-order valence-electron chi connectivity index (χ0n) is 8.85. The van der Waals surface area contributed by atoms with Crippen LogP contribution in [0.4, 0.5) is 4.39 Å². The molecule has 0 unspecified atom stereocenters. The number of hydrogen-bond donors (Lipinski definition) is 2. The highest BCUT2D eigenvalue weighted by Gasteiger charge is 2.13. The first kappa shape index (κ1) is 10.5. The van der Waals surface area contributed by atoms with Gasteiger partial charge >= 0.3 is 5.97 Å². The Morgan fingerprint density at radius 1 is 1.44 bits per heavy atom. The number of nitrogens with one attached hydrogen (secondary N) is 1. The second-order valence-electron chi connectivity index (χ2n) is 3.72. The van der Waals surface area contributed by atoms with Gasteiger partial charge in [0.2, 0.25) is 0 Å². The van der Waals surface area contributed by atoms with Crippen LogP contribution in [0.2, 0.25) is 0 Å². The Morgan fingerprint density at radius 2 is 2.22 bits per heavy atom. The van der Waals surface area contributed by atoms with Gasteiger partial charge in [-0.05, 0) is 12.1 Å². The Bertz CT molecular complexity index is 850. The van der Waals surface area contributed by atoms with Crippen LogP contribution in [0, 0.1) is 5.82 Å². The minimum Gasteiger partial charge on any atom is -0.477 e. The van der Waals surface area contributed by atoms with Crippen molar-refractivity contribution in [1.82, 2.24) is 14.6 Å². The van der Waals surface area contributed by atoms with Crippen molar-refractivity contribution in [3.63, 3.8) is 0 Å². The molecule has 0 aliphatic heterocycles. The molecule has 0 bridgehead atoms. The van der Waals surface area contributed by atoms with Gasteiger partial charge < -0.3 is 5.11 Å². The predicted molar refractivity (Wildman–Crippen MR) is 60.2 cm³/mol. The molecule has 3 rings (SSSR count). The molecule has 3 aromatic rings. The molecular formula is C11H6FN3O3. The fourth-order valence-corrected chi connectivity index (χ4v) is 1.79. The fourth-order valence-electron chi connectivity index (χ4n) is 1.79. The standard InChI is InChI=1S/C11H6FN3O3/c12-6-3-1-2-5-9(6)13-8-4-7(11(17)18)14-15(8)10(5)16/h1-4,14H,(H,17,18). The number of carboxylic acids is 1. The summed E-state index contributed by atoms with van der Waals surface area (Å²) in [7, 11) is 0. The van der Waals surface area contributed by atoms with Gasteiger partial charge in [0, 0.05) is 6.07 Å². The lowest BCUT2D eigenvalue weighted by molar-refractivity contribution is 0.0690. The average molecular weight is 247 g/mol. The van der Waals surface area contributed by atoms with E-state index in [4.69, 9.17) is 5.11 Å². The van der Waals surface area contributed by atoms with Crippen LogP contribution in [0.5, 0.6) is 0 Å². The minimum atomic E-state index is -1.22.